The maximum absolute atomic E-state index is 15.5. The molecule has 1 atom stereocenters. The first-order chi connectivity index (χ1) is 16.3. The molecule has 2 aromatic heterocycles. The molecule has 0 spiro atoms. The Morgan fingerprint density at radius 2 is 1.91 bits per heavy atom. The molecule has 0 radical (unpaired) electrons. The van der Waals surface area contributed by atoms with Gasteiger partial charge in [-0.3, -0.25) is 4.90 Å². The fraction of sp³-hybridized carbons (Fsp3) is 0.423. The van der Waals surface area contributed by atoms with Crippen molar-refractivity contribution in [3.8, 4) is 34.0 Å². The number of hydrogen-bond acceptors (Lipinski definition) is 7. The van der Waals surface area contributed by atoms with E-state index in [4.69, 9.17) is 14.5 Å². The van der Waals surface area contributed by atoms with Gasteiger partial charge in [-0.15, -0.1) is 5.10 Å². The lowest BCUT2D eigenvalue weighted by Gasteiger charge is -2.37. The lowest BCUT2D eigenvalue weighted by atomic mass is 9.94. The average Bonchev–Trinajstić information content (AvgIpc) is 3.33. The third-order valence-corrected chi connectivity index (χ3v) is 6.98. The molecular formula is C26H30FN5O2. The number of aromatic nitrogens is 3. The van der Waals surface area contributed by atoms with Gasteiger partial charge in [-0.1, -0.05) is 12.1 Å². The number of rotatable bonds is 4. The van der Waals surface area contributed by atoms with Crippen molar-refractivity contribution in [1.82, 2.24) is 20.1 Å². The first kappa shape index (κ1) is 22.5. The fourth-order valence-electron chi connectivity index (χ4n) is 4.71. The van der Waals surface area contributed by atoms with E-state index >= 15 is 4.39 Å². The van der Waals surface area contributed by atoms with Crippen LogP contribution in [0.3, 0.4) is 0 Å². The van der Waals surface area contributed by atoms with Gasteiger partial charge in [0.25, 0.3) is 0 Å². The van der Waals surface area contributed by atoms with Gasteiger partial charge in [0.1, 0.15) is 18.2 Å². The highest BCUT2D eigenvalue weighted by molar-refractivity contribution is 5.78. The molecule has 1 aromatic carbocycles. The second-order valence-electron chi connectivity index (χ2n) is 9.92. The Kier molecular flexibility index (Phi) is 5.64. The normalized spacial score (nSPS) is 17.4. The number of ether oxygens (including phenoxy) is 2. The van der Waals surface area contributed by atoms with E-state index in [9.17, 15) is 0 Å². The molecule has 0 amide bonds. The molecule has 0 N–H and O–H groups in total. The average molecular weight is 464 g/mol. The summed E-state index contributed by atoms with van der Waals surface area (Å²) in [4.78, 5) is 9.55. The summed E-state index contributed by atoms with van der Waals surface area (Å²) in [5.74, 6) is 1.47. The Hall–Kier alpha value is -3.26. The number of anilines is 1. The van der Waals surface area contributed by atoms with Crippen LogP contribution in [0.4, 0.5) is 10.2 Å². The van der Waals surface area contributed by atoms with Crippen LogP contribution in [0.2, 0.25) is 0 Å². The van der Waals surface area contributed by atoms with E-state index in [1.165, 1.54) is 13.3 Å². The third kappa shape index (κ3) is 3.96. The van der Waals surface area contributed by atoms with E-state index in [1.807, 2.05) is 18.2 Å². The van der Waals surface area contributed by atoms with Gasteiger partial charge in [-0.05, 0) is 51.9 Å². The van der Waals surface area contributed by atoms with Crippen LogP contribution in [0.1, 0.15) is 32.8 Å². The van der Waals surface area contributed by atoms with Crippen molar-refractivity contribution < 1.29 is 13.9 Å². The van der Waals surface area contributed by atoms with E-state index < -0.39 is 0 Å². The Bertz CT molecular complexity index is 1230. The number of methoxy groups -OCH3 is 1. The summed E-state index contributed by atoms with van der Waals surface area (Å²) in [6, 6.07) is 9.85. The quantitative estimate of drug-likeness (QED) is 0.562. The molecule has 0 bridgehead atoms. The standard InChI is InChI=1S/C26H30FN5O2/c1-26(2,3)31(4)17-10-11-32(14-17)22-9-8-20-19-7-6-18(16-12-23(33-5)30-28-13-16)24(27)21(19)15-34-25(20)29-22/h6-9,12-13,17H,10-11,14-15H2,1-5H3. The maximum Gasteiger partial charge on any atom is 0.233 e. The summed E-state index contributed by atoms with van der Waals surface area (Å²) in [6.07, 6.45) is 2.62. The van der Waals surface area contributed by atoms with Crippen LogP contribution in [0.25, 0.3) is 22.3 Å². The third-order valence-electron chi connectivity index (χ3n) is 6.98. The van der Waals surface area contributed by atoms with Crippen LogP contribution in [-0.4, -0.2) is 58.9 Å². The number of halogens is 1. The molecule has 7 nitrogen and oxygen atoms in total. The molecule has 2 aliphatic heterocycles. The topological polar surface area (TPSA) is 63.6 Å². The molecule has 1 fully saturated rings. The maximum atomic E-state index is 15.5. The zero-order valence-electron chi connectivity index (χ0n) is 20.3. The van der Waals surface area contributed by atoms with Gasteiger partial charge in [0.2, 0.25) is 11.8 Å². The minimum Gasteiger partial charge on any atom is -0.480 e. The van der Waals surface area contributed by atoms with Crippen molar-refractivity contribution in [2.75, 3.05) is 32.1 Å². The van der Waals surface area contributed by atoms with Gasteiger partial charge in [-0.25, -0.2) is 4.39 Å². The predicted octanol–water partition coefficient (Wildman–Crippen LogP) is 4.55. The molecule has 3 aromatic rings. The molecule has 2 aliphatic rings. The summed E-state index contributed by atoms with van der Waals surface area (Å²) >= 11 is 0. The molecule has 8 heteroatoms. The minimum absolute atomic E-state index is 0.122. The van der Waals surface area contributed by atoms with Gasteiger partial charge >= 0.3 is 0 Å². The second kappa shape index (κ2) is 8.51. The molecular weight excluding hydrogens is 433 g/mol. The van der Waals surface area contributed by atoms with Gasteiger partial charge in [-0.2, -0.15) is 10.1 Å². The van der Waals surface area contributed by atoms with Crippen molar-refractivity contribution >= 4 is 5.82 Å². The number of benzene rings is 1. The van der Waals surface area contributed by atoms with E-state index in [2.05, 4.69) is 47.8 Å². The highest BCUT2D eigenvalue weighted by Crippen LogP contribution is 2.41. The van der Waals surface area contributed by atoms with Crippen LogP contribution in [0, 0.1) is 5.82 Å². The summed E-state index contributed by atoms with van der Waals surface area (Å²) in [6.45, 7) is 8.73. The Labute approximate surface area is 199 Å². The molecule has 4 heterocycles. The van der Waals surface area contributed by atoms with Gasteiger partial charge in [0.05, 0.1) is 13.3 Å². The molecule has 1 unspecified atom stereocenters. The van der Waals surface area contributed by atoms with E-state index in [1.54, 1.807) is 12.1 Å². The van der Waals surface area contributed by atoms with Crippen molar-refractivity contribution in [1.29, 1.82) is 0 Å². The number of fused-ring (bicyclic) bond motifs is 3. The summed E-state index contributed by atoms with van der Waals surface area (Å²) in [5, 5.41) is 7.77. The lowest BCUT2D eigenvalue weighted by molar-refractivity contribution is 0.127. The molecule has 34 heavy (non-hydrogen) atoms. The number of hydrogen-bond donors (Lipinski definition) is 0. The minimum atomic E-state index is -0.324. The molecule has 178 valence electrons. The first-order valence-electron chi connectivity index (χ1n) is 11.6. The largest absolute Gasteiger partial charge is 0.480 e. The number of likely N-dealkylation sites (N-methyl/N-ethyl adjacent to an activating group) is 1. The van der Waals surface area contributed by atoms with Gasteiger partial charge in [0.15, 0.2) is 0 Å². The SMILES string of the molecule is COc1cc(-c2ccc3c(c2F)COc2nc(N4CCC(N(C)C(C)(C)C)C4)ccc2-3)cnn1. The smallest absolute Gasteiger partial charge is 0.233 e. The van der Waals surface area contributed by atoms with Crippen molar-refractivity contribution in [3.05, 3.63) is 47.9 Å². The molecule has 0 saturated carbocycles. The summed E-state index contributed by atoms with van der Waals surface area (Å²) < 4.78 is 26.6. The van der Waals surface area contributed by atoms with Crippen LogP contribution < -0.4 is 14.4 Å². The van der Waals surface area contributed by atoms with Gasteiger partial charge in [0, 0.05) is 53.0 Å². The Morgan fingerprint density at radius 1 is 1.15 bits per heavy atom. The first-order valence-corrected chi connectivity index (χ1v) is 11.6. The molecule has 1 saturated heterocycles. The summed E-state index contributed by atoms with van der Waals surface area (Å²) in [5.41, 5.74) is 3.30. The van der Waals surface area contributed by atoms with Gasteiger partial charge < -0.3 is 14.4 Å². The molecule has 0 aliphatic carbocycles. The van der Waals surface area contributed by atoms with Crippen molar-refractivity contribution in [2.24, 2.45) is 0 Å². The zero-order chi connectivity index (χ0) is 24.0. The highest BCUT2D eigenvalue weighted by Gasteiger charge is 2.32. The van der Waals surface area contributed by atoms with E-state index in [-0.39, 0.29) is 18.0 Å². The van der Waals surface area contributed by atoms with Crippen LogP contribution in [0.15, 0.2) is 36.5 Å². The zero-order valence-corrected chi connectivity index (χ0v) is 20.3. The molecule has 5 rings (SSSR count). The lowest BCUT2D eigenvalue weighted by Crippen LogP contribution is -2.46. The van der Waals surface area contributed by atoms with Crippen LogP contribution in [0.5, 0.6) is 11.8 Å². The van der Waals surface area contributed by atoms with E-state index in [0.717, 1.165) is 36.5 Å². The number of pyridine rings is 1. The monoisotopic (exact) mass is 463 g/mol. The Morgan fingerprint density at radius 3 is 2.68 bits per heavy atom. The highest BCUT2D eigenvalue weighted by atomic mass is 19.1. The van der Waals surface area contributed by atoms with Crippen molar-refractivity contribution in [2.45, 2.75) is 45.4 Å². The summed E-state index contributed by atoms with van der Waals surface area (Å²) in [7, 11) is 3.70. The Balaban J connectivity index is 1.42. The predicted molar refractivity (Wildman–Crippen MR) is 130 cm³/mol. The number of nitrogens with zero attached hydrogens (tertiary/aromatic N) is 5. The van der Waals surface area contributed by atoms with Crippen molar-refractivity contribution in [3.63, 3.8) is 0 Å². The van der Waals surface area contributed by atoms with E-state index in [0.29, 0.717) is 34.5 Å². The second-order valence-corrected chi connectivity index (χ2v) is 9.92. The van der Waals surface area contributed by atoms with Crippen LogP contribution >= 0.6 is 0 Å². The fourth-order valence-corrected chi connectivity index (χ4v) is 4.71. The van der Waals surface area contributed by atoms with Crippen LogP contribution in [-0.2, 0) is 6.61 Å².